The summed E-state index contributed by atoms with van der Waals surface area (Å²) in [6, 6.07) is 13.6. The van der Waals surface area contributed by atoms with Gasteiger partial charge in [-0.05, 0) is 17.7 Å². The molecule has 0 aliphatic rings. The number of nitrogens with one attached hydrogen (secondary N) is 2. The van der Waals surface area contributed by atoms with E-state index in [1.165, 1.54) is 0 Å². The van der Waals surface area contributed by atoms with Crippen LogP contribution in [0.1, 0.15) is 11.3 Å². The number of carbonyl (C=O) groups is 1. The molecular formula is C14H17N3O. The Morgan fingerprint density at radius 1 is 1.06 bits per heavy atom. The smallest absolute Gasteiger partial charge is 0.315 e. The third-order valence-electron chi connectivity index (χ3n) is 2.78. The molecule has 1 heterocycles. The van der Waals surface area contributed by atoms with E-state index in [0.717, 1.165) is 11.3 Å². The predicted molar refractivity (Wildman–Crippen MR) is 70.9 cm³/mol. The van der Waals surface area contributed by atoms with Crippen molar-refractivity contribution in [1.82, 2.24) is 15.2 Å². The molecule has 4 nitrogen and oxygen atoms in total. The third-order valence-corrected chi connectivity index (χ3v) is 2.78. The minimum atomic E-state index is -0.153. The lowest BCUT2D eigenvalue weighted by Crippen LogP contribution is -2.34. The fourth-order valence-corrected chi connectivity index (χ4v) is 1.69. The molecule has 1 aromatic carbocycles. The van der Waals surface area contributed by atoms with Crippen LogP contribution in [0.3, 0.4) is 0 Å². The zero-order valence-corrected chi connectivity index (χ0v) is 10.4. The van der Waals surface area contributed by atoms with Crippen molar-refractivity contribution >= 4 is 6.03 Å². The van der Waals surface area contributed by atoms with Crippen molar-refractivity contribution in [3.05, 3.63) is 59.9 Å². The second kappa shape index (κ2) is 5.91. The second-order valence-corrected chi connectivity index (χ2v) is 4.13. The summed E-state index contributed by atoms with van der Waals surface area (Å²) < 4.78 is 1.98. The van der Waals surface area contributed by atoms with Gasteiger partial charge >= 0.3 is 6.03 Å². The molecule has 94 valence electrons. The monoisotopic (exact) mass is 243 g/mol. The standard InChI is InChI=1S/C14H17N3O/c1-17-9-5-8-13(17)11-16-14(18)15-10-12-6-3-2-4-7-12/h2-9H,10-11H2,1H3,(H2,15,16,18). The molecule has 0 saturated carbocycles. The largest absolute Gasteiger partial charge is 0.353 e. The van der Waals surface area contributed by atoms with Gasteiger partial charge in [-0.3, -0.25) is 0 Å². The first-order valence-corrected chi connectivity index (χ1v) is 5.91. The maximum atomic E-state index is 11.6. The predicted octanol–water partition coefficient (Wildman–Crippen LogP) is 2.02. The van der Waals surface area contributed by atoms with Gasteiger partial charge in [-0.1, -0.05) is 30.3 Å². The molecule has 0 unspecified atom stereocenters. The van der Waals surface area contributed by atoms with Crippen LogP contribution in [0.5, 0.6) is 0 Å². The molecular weight excluding hydrogens is 226 g/mol. The molecule has 2 amide bonds. The summed E-state index contributed by atoms with van der Waals surface area (Å²) in [4.78, 5) is 11.6. The first-order chi connectivity index (χ1) is 8.75. The molecule has 4 heteroatoms. The van der Waals surface area contributed by atoms with E-state index in [2.05, 4.69) is 10.6 Å². The number of carbonyl (C=O) groups excluding carboxylic acids is 1. The van der Waals surface area contributed by atoms with Crippen molar-refractivity contribution in [2.75, 3.05) is 0 Å². The molecule has 0 atom stereocenters. The normalized spacial score (nSPS) is 10.1. The quantitative estimate of drug-likeness (QED) is 0.848. The van der Waals surface area contributed by atoms with Crippen LogP contribution >= 0.6 is 0 Å². The molecule has 0 saturated heterocycles. The Bertz CT molecular complexity index is 505. The van der Waals surface area contributed by atoms with Gasteiger partial charge in [-0.25, -0.2) is 4.79 Å². The van der Waals surface area contributed by atoms with E-state index in [1.54, 1.807) is 0 Å². The Balaban J connectivity index is 1.75. The Hall–Kier alpha value is -2.23. The summed E-state index contributed by atoms with van der Waals surface area (Å²) in [5.74, 6) is 0. The number of urea groups is 1. The first kappa shape index (κ1) is 12.2. The molecule has 0 radical (unpaired) electrons. The Labute approximate surface area is 107 Å². The highest BCUT2D eigenvalue weighted by molar-refractivity contribution is 5.73. The number of nitrogens with zero attached hydrogens (tertiary/aromatic N) is 1. The Morgan fingerprint density at radius 3 is 2.44 bits per heavy atom. The molecule has 2 N–H and O–H groups in total. The van der Waals surface area contributed by atoms with Crippen LogP contribution in [0.25, 0.3) is 0 Å². The van der Waals surface area contributed by atoms with Crippen molar-refractivity contribution in [1.29, 1.82) is 0 Å². The molecule has 2 aromatic rings. The van der Waals surface area contributed by atoms with Crippen LogP contribution in [0, 0.1) is 0 Å². The fourth-order valence-electron chi connectivity index (χ4n) is 1.69. The number of hydrogen-bond donors (Lipinski definition) is 2. The van der Waals surface area contributed by atoms with E-state index >= 15 is 0 Å². The average molecular weight is 243 g/mol. The minimum Gasteiger partial charge on any atom is -0.353 e. The lowest BCUT2D eigenvalue weighted by Gasteiger charge is -2.08. The summed E-state index contributed by atoms with van der Waals surface area (Å²) in [5, 5.41) is 5.65. The van der Waals surface area contributed by atoms with Crippen molar-refractivity contribution in [3.63, 3.8) is 0 Å². The van der Waals surface area contributed by atoms with Crippen molar-refractivity contribution in [2.45, 2.75) is 13.1 Å². The van der Waals surface area contributed by atoms with Crippen molar-refractivity contribution in [3.8, 4) is 0 Å². The van der Waals surface area contributed by atoms with Crippen LogP contribution in [0.15, 0.2) is 48.7 Å². The number of aromatic nitrogens is 1. The van der Waals surface area contributed by atoms with Gasteiger partial charge in [0.2, 0.25) is 0 Å². The van der Waals surface area contributed by atoms with E-state index in [9.17, 15) is 4.79 Å². The highest BCUT2D eigenvalue weighted by atomic mass is 16.2. The molecule has 1 aromatic heterocycles. The van der Waals surface area contributed by atoms with Crippen molar-refractivity contribution in [2.24, 2.45) is 7.05 Å². The van der Waals surface area contributed by atoms with Gasteiger partial charge in [-0.15, -0.1) is 0 Å². The fraction of sp³-hybridized carbons (Fsp3) is 0.214. The molecule has 2 rings (SSSR count). The van der Waals surface area contributed by atoms with Gasteiger partial charge in [0, 0.05) is 25.5 Å². The average Bonchev–Trinajstić information content (AvgIpc) is 2.81. The van der Waals surface area contributed by atoms with E-state index < -0.39 is 0 Å². The second-order valence-electron chi connectivity index (χ2n) is 4.13. The molecule has 0 aliphatic carbocycles. The molecule has 0 bridgehead atoms. The topological polar surface area (TPSA) is 46.1 Å². The third kappa shape index (κ3) is 3.38. The number of aryl methyl sites for hydroxylation is 1. The summed E-state index contributed by atoms with van der Waals surface area (Å²) in [6.45, 7) is 1.07. The number of amides is 2. The molecule has 18 heavy (non-hydrogen) atoms. The van der Waals surface area contributed by atoms with E-state index in [4.69, 9.17) is 0 Å². The zero-order chi connectivity index (χ0) is 12.8. The Morgan fingerprint density at radius 2 is 1.78 bits per heavy atom. The van der Waals surface area contributed by atoms with Gasteiger partial charge < -0.3 is 15.2 Å². The minimum absolute atomic E-state index is 0.153. The van der Waals surface area contributed by atoms with Crippen LogP contribution < -0.4 is 10.6 Å². The van der Waals surface area contributed by atoms with E-state index in [1.807, 2.05) is 60.3 Å². The van der Waals surface area contributed by atoms with Gasteiger partial charge in [0.1, 0.15) is 0 Å². The van der Waals surface area contributed by atoms with Crippen LogP contribution in [-0.4, -0.2) is 10.6 Å². The first-order valence-electron chi connectivity index (χ1n) is 5.91. The van der Waals surface area contributed by atoms with Crippen molar-refractivity contribution < 1.29 is 4.79 Å². The van der Waals surface area contributed by atoms with E-state index in [-0.39, 0.29) is 6.03 Å². The summed E-state index contributed by atoms with van der Waals surface area (Å²) >= 11 is 0. The van der Waals surface area contributed by atoms with Crippen LogP contribution in [0.2, 0.25) is 0 Å². The molecule has 0 spiro atoms. The lowest BCUT2D eigenvalue weighted by atomic mass is 10.2. The SMILES string of the molecule is Cn1cccc1CNC(=O)NCc1ccccc1. The van der Waals surface area contributed by atoms with Gasteiger partial charge in [-0.2, -0.15) is 0 Å². The van der Waals surface area contributed by atoms with E-state index in [0.29, 0.717) is 13.1 Å². The van der Waals surface area contributed by atoms with Crippen LogP contribution in [-0.2, 0) is 20.1 Å². The molecule has 0 fully saturated rings. The highest BCUT2D eigenvalue weighted by Crippen LogP contribution is 1.99. The Kier molecular flexibility index (Phi) is 4.02. The number of hydrogen-bond acceptors (Lipinski definition) is 1. The van der Waals surface area contributed by atoms with Gasteiger partial charge in [0.25, 0.3) is 0 Å². The maximum Gasteiger partial charge on any atom is 0.315 e. The molecule has 0 aliphatic heterocycles. The van der Waals surface area contributed by atoms with Crippen LogP contribution in [0.4, 0.5) is 4.79 Å². The maximum absolute atomic E-state index is 11.6. The highest BCUT2D eigenvalue weighted by Gasteiger charge is 2.01. The van der Waals surface area contributed by atoms with Gasteiger partial charge in [0.15, 0.2) is 0 Å². The zero-order valence-electron chi connectivity index (χ0n) is 10.4. The lowest BCUT2D eigenvalue weighted by molar-refractivity contribution is 0.240. The number of benzene rings is 1. The summed E-state index contributed by atoms with van der Waals surface area (Å²) in [6.07, 6.45) is 1.96. The summed E-state index contributed by atoms with van der Waals surface area (Å²) in [5.41, 5.74) is 2.16. The summed E-state index contributed by atoms with van der Waals surface area (Å²) in [7, 11) is 1.96. The van der Waals surface area contributed by atoms with Gasteiger partial charge in [0.05, 0.1) is 6.54 Å². The number of rotatable bonds is 4.